The molecule has 0 saturated carbocycles. The fraction of sp³-hybridized carbons (Fsp3) is 0.292. The quantitative estimate of drug-likeness (QED) is 0.558. The molecule has 0 unspecified atom stereocenters. The molecule has 1 aliphatic heterocycles. The van der Waals surface area contributed by atoms with Crippen LogP contribution in [0.4, 0.5) is 5.69 Å². The van der Waals surface area contributed by atoms with Crippen molar-refractivity contribution in [2.24, 2.45) is 0 Å². The van der Waals surface area contributed by atoms with Crippen LogP contribution < -0.4 is 24.3 Å². The Bertz CT molecular complexity index is 1110. The van der Waals surface area contributed by atoms with E-state index in [0.29, 0.717) is 22.4 Å². The fourth-order valence-corrected chi connectivity index (χ4v) is 4.38. The number of anilines is 1. The van der Waals surface area contributed by atoms with Gasteiger partial charge in [0, 0.05) is 31.0 Å². The first kappa shape index (κ1) is 21.8. The van der Waals surface area contributed by atoms with Gasteiger partial charge in [0.05, 0.1) is 40.2 Å². The number of fused-ring (bicyclic) bond motifs is 1. The van der Waals surface area contributed by atoms with Gasteiger partial charge < -0.3 is 33.7 Å². The molecule has 3 aromatic rings. The summed E-state index contributed by atoms with van der Waals surface area (Å²) in [5, 5.41) is 3.97. The summed E-state index contributed by atoms with van der Waals surface area (Å²) in [6.45, 7) is 1.59. The van der Waals surface area contributed by atoms with Gasteiger partial charge in [-0.3, -0.25) is 0 Å². The van der Waals surface area contributed by atoms with Crippen LogP contribution in [0.1, 0.15) is 17.3 Å². The molecule has 0 aliphatic carbocycles. The van der Waals surface area contributed by atoms with Gasteiger partial charge in [-0.25, -0.2) is 0 Å². The van der Waals surface area contributed by atoms with Crippen LogP contribution in [0.15, 0.2) is 54.7 Å². The average Bonchev–Trinajstić information content (AvgIpc) is 3.31. The highest BCUT2D eigenvalue weighted by Gasteiger charge is 2.31. The van der Waals surface area contributed by atoms with Gasteiger partial charge in [-0.05, 0) is 54.2 Å². The van der Waals surface area contributed by atoms with E-state index < -0.39 is 0 Å². The normalized spacial score (nSPS) is 15.0. The first-order chi connectivity index (χ1) is 15.6. The maximum absolute atomic E-state index is 5.89. The molecule has 2 heterocycles. The summed E-state index contributed by atoms with van der Waals surface area (Å²) in [6.07, 6.45) is 2.10. The van der Waals surface area contributed by atoms with Gasteiger partial charge in [0.15, 0.2) is 16.6 Å². The first-order valence-electron chi connectivity index (χ1n) is 10.3. The molecule has 0 bridgehead atoms. The molecule has 4 rings (SSSR count). The molecule has 1 aliphatic rings. The van der Waals surface area contributed by atoms with E-state index in [1.165, 1.54) is 0 Å². The van der Waals surface area contributed by atoms with Crippen molar-refractivity contribution in [2.45, 2.75) is 12.6 Å². The number of hydrogen-bond acceptors (Lipinski definition) is 5. The first-order valence-corrected chi connectivity index (χ1v) is 10.7. The third-order valence-corrected chi connectivity index (χ3v) is 6.01. The van der Waals surface area contributed by atoms with Crippen molar-refractivity contribution in [3.63, 3.8) is 0 Å². The van der Waals surface area contributed by atoms with E-state index in [4.69, 9.17) is 31.2 Å². The zero-order valence-electron chi connectivity index (χ0n) is 18.6. The number of hydrogen-bond donors (Lipinski definition) is 1. The molecule has 0 amide bonds. The van der Waals surface area contributed by atoms with E-state index in [-0.39, 0.29) is 6.04 Å². The Balaban J connectivity index is 1.71. The smallest absolute Gasteiger partial charge is 0.174 e. The molecule has 2 aromatic carbocycles. The third kappa shape index (κ3) is 4.05. The minimum Gasteiger partial charge on any atom is -0.497 e. The Morgan fingerprint density at radius 3 is 2.34 bits per heavy atom. The molecule has 0 radical (unpaired) electrons. The molecule has 0 fully saturated rings. The Labute approximate surface area is 193 Å². The maximum Gasteiger partial charge on any atom is 0.174 e. The van der Waals surface area contributed by atoms with Crippen molar-refractivity contribution in [3.8, 4) is 23.0 Å². The van der Waals surface area contributed by atoms with Crippen LogP contribution in [-0.2, 0) is 6.54 Å². The summed E-state index contributed by atoms with van der Waals surface area (Å²) in [7, 11) is 6.55. The number of ether oxygens (including phenoxy) is 4. The predicted molar refractivity (Wildman–Crippen MR) is 128 cm³/mol. The van der Waals surface area contributed by atoms with Crippen LogP contribution in [0.3, 0.4) is 0 Å². The number of aromatic nitrogens is 1. The number of methoxy groups -OCH3 is 4. The molecular weight excluding hydrogens is 426 g/mol. The monoisotopic (exact) mass is 453 g/mol. The zero-order chi connectivity index (χ0) is 22.7. The standard InChI is InChI=1S/C24H27N3O4S/c1-28-17-8-10-20(29-2)18(15-17)25-24(32)27-13-12-26-11-5-6-19(26)23(27)16-7-9-21(30-3)22(14-16)31-4/h5-11,14-15,23H,12-13H2,1-4H3,(H,25,32)/t23-/m0/s1. The lowest BCUT2D eigenvalue weighted by Gasteiger charge is -2.39. The van der Waals surface area contributed by atoms with E-state index in [1.807, 2.05) is 30.3 Å². The molecular formula is C24H27N3O4S. The largest absolute Gasteiger partial charge is 0.497 e. The molecule has 1 N–H and O–H groups in total. The van der Waals surface area contributed by atoms with E-state index in [0.717, 1.165) is 35.8 Å². The van der Waals surface area contributed by atoms with Gasteiger partial charge in [0.2, 0.25) is 0 Å². The van der Waals surface area contributed by atoms with Crippen molar-refractivity contribution in [1.82, 2.24) is 9.47 Å². The van der Waals surface area contributed by atoms with Gasteiger partial charge in [-0.1, -0.05) is 6.07 Å². The Hall–Kier alpha value is -3.39. The molecule has 7 nitrogen and oxygen atoms in total. The molecule has 32 heavy (non-hydrogen) atoms. The van der Waals surface area contributed by atoms with E-state index >= 15 is 0 Å². The molecule has 0 saturated heterocycles. The highest BCUT2D eigenvalue weighted by atomic mass is 32.1. The summed E-state index contributed by atoms with van der Waals surface area (Å²) >= 11 is 5.89. The lowest BCUT2D eigenvalue weighted by molar-refractivity contribution is 0.291. The van der Waals surface area contributed by atoms with Crippen molar-refractivity contribution in [1.29, 1.82) is 0 Å². The topological polar surface area (TPSA) is 57.1 Å². The minimum absolute atomic E-state index is 0.0878. The highest BCUT2D eigenvalue weighted by molar-refractivity contribution is 7.80. The molecule has 1 aromatic heterocycles. The van der Waals surface area contributed by atoms with Gasteiger partial charge >= 0.3 is 0 Å². The van der Waals surface area contributed by atoms with Crippen LogP contribution in [0.5, 0.6) is 23.0 Å². The van der Waals surface area contributed by atoms with Gasteiger partial charge in [-0.2, -0.15) is 0 Å². The number of nitrogens with zero attached hydrogens (tertiary/aromatic N) is 2. The SMILES string of the molecule is COc1ccc(OC)c(NC(=S)N2CCn3cccc3[C@@H]2c2ccc(OC)c(OC)c2)c1. The summed E-state index contributed by atoms with van der Waals surface area (Å²) in [4.78, 5) is 2.19. The van der Waals surface area contributed by atoms with Crippen molar-refractivity contribution < 1.29 is 18.9 Å². The summed E-state index contributed by atoms with van der Waals surface area (Å²) in [5.41, 5.74) is 2.97. The second kappa shape index (κ2) is 9.40. The minimum atomic E-state index is -0.0878. The van der Waals surface area contributed by atoms with Gasteiger partial charge in [0.25, 0.3) is 0 Å². The van der Waals surface area contributed by atoms with Crippen LogP contribution in [0, 0.1) is 0 Å². The maximum atomic E-state index is 5.89. The molecule has 1 atom stereocenters. The molecule has 0 spiro atoms. The van der Waals surface area contributed by atoms with Crippen molar-refractivity contribution in [3.05, 3.63) is 66.0 Å². The number of benzene rings is 2. The third-order valence-electron chi connectivity index (χ3n) is 5.67. The second-order valence-corrected chi connectivity index (χ2v) is 7.72. The van der Waals surface area contributed by atoms with Gasteiger partial charge in [0.1, 0.15) is 11.5 Å². The van der Waals surface area contributed by atoms with E-state index in [1.54, 1.807) is 28.4 Å². The Morgan fingerprint density at radius 2 is 1.62 bits per heavy atom. The number of nitrogens with one attached hydrogen (secondary N) is 1. The summed E-state index contributed by atoms with van der Waals surface area (Å²) in [6, 6.07) is 15.7. The van der Waals surface area contributed by atoms with Crippen molar-refractivity contribution >= 4 is 23.0 Å². The van der Waals surface area contributed by atoms with Crippen LogP contribution in [0.2, 0.25) is 0 Å². The van der Waals surface area contributed by atoms with Gasteiger partial charge in [-0.15, -0.1) is 0 Å². The summed E-state index contributed by atoms with van der Waals surface area (Å²) in [5.74, 6) is 2.79. The Morgan fingerprint density at radius 1 is 0.875 bits per heavy atom. The van der Waals surface area contributed by atoms with Crippen LogP contribution in [0.25, 0.3) is 0 Å². The van der Waals surface area contributed by atoms with Crippen LogP contribution >= 0.6 is 12.2 Å². The highest BCUT2D eigenvalue weighted by Crippen LogP contribution is 2.38. The van der Waals surface area contributed by atoms with E-state index in [2.05, 4.69) is 39.2 Å². The number of rotatable bonds is 6. The average molecular weight is 454 g/mol. The van der Waals surface area contributed by atoms with Crippen LogP contribution in [-0.4, -0.2) is 49.6 Å². The molecule has 168 valence electrons. The second-order valence-electron chi connectivity index (χ2n) is 7.33. The number of thiocarbonyl (C=S) groups is 1. The van der Waals surface area contributed by atoms with E-state index in [9.17, 15) is 0 Å². The summed E-state index contributed by atoms with van der Waals surface area (Å²) < 4.78 is 24.1. The van der Waals surface area contributed by atoms with Crippen molar-refractivity contribution in [2.75, 3.05) is 40.3 Å². The lowest BCUT2D eigenvalue weighted by Crippen LogP contribution is -2.44. The lowest BCUT2D eigenvalue weighted by atomic mass is 9.99. The predicted octanol–water partition coefficient (Wildman–Crippen LogP) is 4.32. The molecule has 8 heteroatoms. The fourth-order valence-electron chi connectivity index (χ4n) is 4.07. The zero-order valence-corrected chi connectivity index (χ0v) is 19.4. The Kier molecular flexibility index (Phi) is 6.41.